The van der Waals surface area contributed by atoms with Gasteiger partial charge in [-0.25, -0.2) is 9.78 Å². The van der Waals surface area contributed by atoms with E-state index in [9.17, 15) is 4.79 Å². The number of carbonyl (C=O) groups is 1. The van der Waals surface area contributed by atoms with E-state index in [0.717, 1.165) is 6.42 Å². The van der Waals surface area contributed by atoms with Crippen LogP contribution in [0.3, 0.4) is 0 Å². The van der Waals surface area contributed by atoms with Gasteiger partial charge in [0, 0.05) is 26.0 Å². The van der Waals surface area contributed by atoms with Gasteiger partial charge in [-0.1, -0.05) is 6.07 Å². The average Bonchev–Trinajstić information content (AvgIpc) is 2.30. The smallest absolute Gasteiger partial charge is 0.320 e. The third kappa shape index (κ3) is 5.31. The lowest BCUT2D eigenvalue weighted by Crippen LogP contribution is -2.30. The largest absolute Gasteiger partial charge is 0.382 e. The second-order valence-electron chi connectivity index (χ2n) is 3.15. The van der Waals surface area contributed by atoms with Gasteiger partial charge in [-0.15, -0.1) is 0 Å². The van der Waals surface area contributed by atoms with Crippen LogP contribution < -0.4 is 10.6 Å². The molecular weight excluding hydrogens is 206 g/mol. The molecule has 88 valence electrons. The summed E-state index contributed by atoms with van der Waals surface area (Å²) in [6.45, 7) is 3.92. The summed E-state index contributed by atoms with van der Waals surface area (Å²) in [5.74, 6) is 0.546. The molecule has 0 aliphatic rings. The third-order valence-electron chi connectivity index (χ3n) is 1.86. The van der Waals surface area contributed by atoms with E-state index >= 15 is 0 Å². The minimum atomic E-state index is -0.241. The van der Waals surface area contributed by atoms with Crippen molar-refractivity contribution in [1.82, 2.24) is 10.3 Å². The van der Waals surface area contributed by atoms with Gasteiger partial charge in [0.25, 0.3) is 0 Å². The number of anilines is 1. The van der Waals surface area contributed by atoms with Crippen molar-refractivity contribution in [2.75, 3.05) is 25.1 Å². The Bertz CT molecular complexity index is 303. The predicted octanol–water partition coefficient (Wildman–Crippen LogP) is 1.63. The molecule has 1 aromatic heterocycles. The fraction of sp³-hybridized carbons (Fsp3) is 0.455. The van der Waals surface area contributed by atoms with Crippen molar-refractivity contribution in [3.63, 3.8) is 0 Å². The van der Waals surface area contributed by atoms with Crippen LogP contribution >= 0.6 is 0 Å². The van der Waals surface area contributed by atoms with Crippen molar-refractivity contribution in [3.8, 4) is 0 Å². The lowest BCUT2D eigenvalue weighted by molar-refractivity contribution is 0.145. The minimum Gasteiger partial charge on any atom is -0.382 e. The lowest BCUT2D eigenvalue weighted by Gasteiger charge is -2.06. The van der Waals surface area contributed by atoms with Crippen LogP contribution in [-0.4, -0.2) is 30.8 Å². The molecule has 5 heteroatoms. The zero-order chi connectivity index (χ0) is 11.6. The van der Waals surface area contributed by atoms with Gasteiger partial charge in [0.1, 0.15) is 5.82 Å². The van der Waals surface area contributed by atoms with E-state index in [1.54, 1.807) is 18.3 Å². The molecule has 0 saturated carbocycles. The molecule has 0 aliphatic heterocycles. The average molecular weight is 223 g/mol. The number of urea groups is 1. The highest BCUT2D eigenvalue weighted by atomic mass is 16.5. The highest BCUT2D eigenvalue weighted by Crippen LogP contribution is 1.98. The maximum absolute atomic E-state index is 11.3. The molecule has 0 aliphatic carbocycles. The normalized spacial score (nSPS) is 9.81. The molecule has 2 N–H and O–H groups in total. The molecule has 0 fully saturated rings. The predicted molar refractivity (Wildman–Crippen MR) is 62.4 cm³/mol. The van der Waals surface area contributed by atoms with Gasteiger partial charge in [-0.05, 0) is 25.5 Å². The number of nitrogens with one attached hydrogen (secondary N) is 2. The Morgan fingerprint density at radius 2 is 2.38 bits per heavy atom. The standard InChI is InChI=1S/C11H17N3O2/c1-2-16-9-5-8-13-11(15)14-10-6-3-4-7-12-10/h3-4,6-7H,2,5,8-9H2,1H3,(H2,12,13,14,15). The zero-order valence-corrected chi connectivity index (χ0v) is 9.40. The number of ether oxygens (including phenoxy) is 1. The van der Waals surface area contributed by atoms with E-state index < -0.39 is 0 Å². The van der Waals surface area contributed by atoms with Gasteiger partial charge < -0.3 is 10.1 Å². The van der Waals surface area contributed by atoms with E-state index in [0.29, 0.717) is 25.6 Å². The number of carbonyl (C=O) groups excluding carboxylic acids is 1. The van der Waals surface area contributed by atoms with Crippen molar-refractivity contribution in [3.05, 3.63) is 24.4 Å². The minimum absolute atomic E-state index is 0.241. The number of rotatable bonds is 6. The summed E-state index contributed by atoms with van der Waals surface area (Å²) >= 11 is 0. The zero-order valence-electron chi connectivity index (χ0n) is 9.40. The molecule has 0 spiro atoms. The summed E-state index contributed by atoms with van der Waals surface area (Å²) in [5, 5.41) is 5.35. The van der Waals surface area contributed by atoms with Crippen LogP contribution in [0.4, 0.5) is 10.6 Å². The number of amides is 2. The van der Waals surface area contributed by atoms with Gasteiger partial charge in [0.05, 0.1) is 0 Å². The molecule has 1 heterocycles. The molecule has 16 heavy (non-hydrogen) atoms. The Hall–Kier alpha value is -1.62. The summed E-state index contributed by atoms with van der Waals surface area (Å²) in [5.41, 5.74) is 0. The summed E-state index contributed by atoms with van der Waals surface area (Å²) in [4.78, 5) is 15.3. The fourth-order valence-corrected chi connectivity index (χ4v) is 1.12. The molecule has 5 nitrogen and oxygen atoms in total. The Morgan fingerprint density at radius 3 is 3.06 bits per heavy atom. The van der Waals surface area contributed by atoms with E-state index in [2.05, 4.69) is 15.6 Å². The van der Waals surface area contributed by atoms with E-state index in [4.69, 9.17) is 4.74 Å². The maximum atomic E-state index is 11.3. The number of hydrogen-bond donors (Lipinski definition) is 2. The van der Waals surface area contributed by atoms with Gasteiger partial charge in [0.15, 0.2) is 0 Å². The second kappa shape index (κ2) is 7.64. The summed E-state index contributed by atoms with van der Waals surface area (Å²) in [6, 6.07) is 5.11. The van der Waals surface area contributed by atoms with Gasteiger partial charge in [-0.3, -0.25) is 5.32 Å². The number of hydrogen-bond acceptors (Lipinski definition) is 3. The van der Waals surface area contributed by atoms with Crippen LogP contribution in [0.5, 0.6) is 0 Å². The van der Waals surface area contributed by atoms with Crippen molar-refractivity contribution >= 4 is 11.8 Å². The number of nitrogens with zero attached hydrogens (tertiary/aromatic N) is 1. The van der Waals surface area contributed by atoms with Gasteiger partial charge in [0.2, 0.25) is 0 Å². The Morgan fingerprint density at radius 1 is 1.50 bits per heavy atom. The number of aromatic nitrogens is 1. The van der Waals surface area contributed by atoms with Crippen LogP contribution in [-0.2, 0) is 4.74 Å². The van der Waals surface area contributed by atoms with E-state index in [-0.39, 0.29) is 6.03 Å². The molecular formula is C11H17N3O2. The maximum Gasteiger partial charge on any atom is 0.320 e. The highest BCUT2D eigenvalue weighted by molar-refractivity contribution is 5.88. The monoisotopic (exact) mass is 223 g/mol. The molecule has 2 amide bonds. The van der Waals surface area contributed by atoms with Crippen LogP contribution in [0.1, 0.15) is 13.3 Å². The van der Waals surface area contributed by atoms with Crippen molar-refractivity contribution in [2.24, 2.45) is 0 Å². The summed E-state index contributed by atoms with van der Waals surface area (Å²) in [6.07, 6.45) is 2.44. The van der Waals surface area contributed by atoms with Crippen molar-refractivity contribution < 1.29 is 9.53 Å². The molecule has 0 unspecified atom stereocenters. The van der Waals surface area contributed by atoms with Crippen LogP contribution in [0.15, 0.2) is 24.4 Å². The SMILES string of the molecule is CCOCCCNC(=O)Nc1ccccn1. The molecule has 0 radical (unpaired) electrons. The van der Waals surface area contributed by atoms with Crippen molar-refractivity contribution in [1.29, 1.82) is 0 Å². The highest BCUT2D eigenvalue weighted by Gasteiger charge is 2.00. The first-order valence-electron chi connectivity index (χ1n) is 5.36. The topological polar surface area (TPSA) is 63.2 Å². The first-order chi connectivity index (χ1) is 7.83. The molecule has 0 atom stereocenters. The second-order valence-corrected chi connectivity index (χ2v) is 3.15. The molecule has 1 aromatic rings. The quantitative estimate of drug-likeness (QED) is 0.720. The third-order valence-corrected chi connectivity index (χ3v) is 1.86. The Labute approximate surface area is 95.2 Å². The van der Waals surface area contributed by atoms with E-state index in [1.807, 2.05) is 13.0 Å². The summed E-state index contributed by atoms with van der Waals surface area (Å²) in [7, 11) is 0. The molecule has 1 rings (SSSR count). The number of pyridine rings is 1. The lowest BCUT2D eigenvalue weighted by atomic mass is 10.4. The Kier molecular flexibility index (Phi) is 5.95. The Balaban J connectivity index is 2.12. The van der Waals surface area contributed by atoms with Crippen LogP contribution in [0.2, 0.25) is 0 Å². The van der Waals surface area contributed by atoms with Crippen molar-refractivity contribution in [2.45, 2.75) is 13.3 Å². The van der Waals surface area contributed by atoms with Gasteiger partial charge in [-0.2, -0.15) is 0 Å². The summed E-state index contributed by atoms with van der Waals surface area (Å²) < 4.78 is 5.15. The molecule has 0 bridgehead atoms. The van der Waals surface area contributed by atoms with Crippen LogP contribution in [0, 0.1) is 0 Å². The first-order valence-corrected chi connectivity index (χ1v) is 5.36. The molecule has 0 saturated heterocycles. The van der Waals surface area contributed by atoms with Gasteiger partial charge >= 0.3 is 6.03 Å². The fourth-order valence-electron chi connectivity index (χ4n) is 1.12. The van der Waals surface area contributed by atoms with Crippen LogP contribution in [0.25, 0.3) is 0 Å². The molecule has 0 aromatic carbocycles. The first kappa shape index (κ1) is 12.4. The van der Waals surface area contributed by atoms with E-state index in [1.165, 1.54) is 0 Å².